The summed E-state index contributed by atoms with van der Waals surface area (Å²) in [5, 5.41) is 11.8. The standard InChI is InChI=1S/C9H9N3OS/c13-6-12-9(14)10-8(11-12)7-4-2-1-3-5-7/h1-5,13H,6H2,(H,10,11,14). The Morgan fingerprint density at radius 3 is 2.64 bits per heavy atom. The van der Waals surface area contributed by atoms with Gasteiger partial charge in [0, 0.05) is 5.56 Å². The van der Waals surface area contributed by atoms with E-state index < -0.39 is 0 Å². The zero-order valence-corrected chi connectivity index (χ0v) is 8.16. The highest BCUT2D eigenvalue weighted by Gasteiger charge is 2.02. The van der Waals surface area contributed by atoms with E-state index in [4.69, 9.17) is 17.3 Å². The Kier molecular flexibility index (Phi) is 2.43. The number of aliphatic hydroxyl groups is 1. The predicted octanol–water partition coefficient (Wildman–Crippen LogP) is 1.56. The van der Waals surface area contributed by atoms with Gasteiger partial charge in [0.05, 0.1) is 0 Å². The van der Waals surface area contributed by atoms with Crippen LogP contribution in [0.5, 0.6) is 0 Å². The van der Waals surface area contributed by atoms with Crippen LogP contribution in [0.4, 0.5) is 0 Å². The van der Waals surface area contributed by atoms with E-state index in [9.17, 15) is 0 Å². The number of aromatic amines is 1. The molecule has 0 saturated heterocycles. The van der Waals surface area contributed by atoms with Crippen LogP contribution in [0.25, 0.3) is 11.4 Å². The minimum absolute atomic E-state index is 0.182. The van der Waals surface area contributed by atoms with Crippen molar-refractivity contribution in [2.45, 2.75) is 6.73 Å². The van der Waals surface area contributed by atoms with Crippen LogP contribution in [-0.4, -0.2) is 19.9 Å². The van der Waals surface area contributed by atoms with Crippen molar-refractivity contribution in [3.63, 3.8) is 0 Å². The van der Waals surface area contributed by atoms with E-state index in [1.807, 2.05) is 30.3 Å². The molecule has 0 unspecified atom stereocenters. The number of rotatable bonds is 2. The molecule has 1 heterocycles. The number of hydrogen-bond donors (Lipinski definition) is 2. The van der Waals surface area contributed by atoms with Crippen LogP contribution < -0.4 is 0 Å². The van der Waals surface area contributed by atoms with Crippen molar-refractivity contribution in [1.82, 2.24) is 14.8 Å². The molecule has 72 valence electrons. The number of benzene rings is 1. The average Bonchev–Trinajstić information content (AvgIpc) is 2.61. The molecule has 5 heteroatoms. The third-order valence-electron chi connectivity index (χ3n) is 1.87. The minimum atomic E-state index is -0.182. The van der Waals surface area contributed by atoms with Gasteiger partial charge in [-0.3, -0.25) is 5.10 Å². The maximum absolute atomic E-state index is 8.90. The number of aromatic nitrogens is 3. The van der Waals surface area contributed by atoms with Gasteiger partial charge in [-0.1, -0.05) is 30.3 Å². The van der Waals surface area contributed by atoms with Crippen molar-refractivity contribution in [2.24, 2.45) is 0 Å². The Morgan fingerprint density at radius 1 is 1.36 bits per heavy atom. The first-order valence-corrected chi connectivity index (χ1v) is 4.55. The first kappa shape index (κ1) is 9.11. The zero-order chi connectivity index (χ0) is 9.97. The highest BCUT2D eigenvalue weighted by atomic mass is 32.1. The monoisotopic (exact) mass is 207 g/mol. The van der Waals surface area contributed by atoms with Crippen LogP contribution in [0.1, 0.15) is 0 Å². The molecule has 1 aromatic carbocycles. The minimum Gasteiger partial charge on any atom is -0.374 e. The Morgan fingerprint density at radius 2 is 2.07 bits per heavy atom. The van der Waals surface area contributed by atoms with E-state index >= 15 is 0 Å². The van der Waals surface area contributed by atoms with Gasteiger partial charge in [0.15, 0.2) is 5.82 Å². The maximum atomic E-state index is 8.90. The molecule has 0 aliphatic heterocycles. The van der Waals surface area contributed by atoms with Gasteiger partial charge in [-0.25, -0.2) is 4.68 Å². The second-order valence-electron chi connectivity index (χ2n) is 2.79. The second kappa shape index (κ2) is 3.73. The maximum Gasteiger partial charge on any atom is 0.218 e. The van der Waals surface area contributed by atoms with Crippen molar-refractivity contribution >= 4 is 12.2 Å². The van der Waals surface area contributed by atoms with E-state index in [1.54, 1.807) is 0 Å². The molecule has 1 aromatic heterocycles. The molecular formula is C9H9N3OS. The third kappa shape index (κ3) is 1.59. The van der Waals surface area contributed by atoms with Crippen LogP contribution in [-0.2, 0) is 6.73 Å². The van der Waals surface area contributed by atoms with Crippen LogP contribution in [0, 0.1) is 4.77 Å². The van der Waals surface area contributed by atoms with Crippen LogP contribution >= 0.6 is 12.2 Å². The lowest BCUT2D eigenvalue weighted by molar-refractivity contribution is 0.193. The van der Waals surface area contributed by atoms with E-state index in [1.165, 1.54) is 4.68 Å². The summed E-state index contributed by atoms with van der Waals surface area (Å²) in [6.45, 7) is -0.182. The number of hydrogen-bond acceptors (Lipinski definition) is 3. The molecule has 0 fully saturated rings. The van der Waals surface area contributed by atoms with Crippen molar-refractivity contribution in [3.8, 4) is 11.4 Å². The van der Waals surface area contributed by atoms with Gasteiger partial charge < -0.3 is 5.11 Å². The van der Waals surface area contributed by atoms with Gasteiger partial charge in [0.2, 0.25) is 4.77 Å². The van der Waals surface area contributed by atoms with Gasteiger partial charge in [-0.15, -0.1) is 0 Å². The molecular weight excluding hydrogens is 198 g/mol. The van der Waals surface area contributed by atoms with Crippen LogP contribution in [0.15, 0.2) is 30.3 Å². The molecule has 0 atom stereocenters. The van der Waals surface area contributed by atoms with E-state index in [-0.39, 0.29) is 6.73 Å². The summed E-state index contributed by atoms with van der Waals surface area (Å²) in [6.07, 6.45) is 0. The smallest absolute Gasteiger partial charge is 0.218 e. The van der Waals surface area contributed by atoms with Crippen LogP contribution in [0.2, 0.25) is 0 Å². The number of aliphatic hydroxyl groups excluding tert-OH is 1. The van der Waals surface area contributed by atoms with Gasteiger partial charge in [0.1, 0.15) is 6.73 Å². The topological polar surface area (TPSA) is 53.8 Å². The molecule has 0 radical (unpaired) electrons. The predicted molar refractivity (Wildman–Crippen MR) is 55.1 cm³/mol. The quantitative estimate of drug-likeness (QED) is 0.735. The first-order valence-electron chi connectivity index (χ1n) is 4.14. The lowest BCUT2D eigenvalue weighted by Gasteiger charge is -1.95. The van der Waals surface area contributed by atoms with E-state index in [2.05, 4.69) is 10.1 Å². The summed E-state index contributed by atoms with van der Waals surface area (Å²) in [7, 11) is 0. The van der Waals surface area contributed by atoms with Gasteiger partial charge in [-0.05, 0) is 12.2 Å². The molecule has 14 heavy (non-hydrogen) atoms. The average molecular weight is 207 g/mol. The Balaban J connectivity index is 2.48. The van der Waals surface area contributed by atoms with E-state index in [0.29, 0.717) is 10.6 Å². The van der Waals surface area contributed by atoms with Crippen LogP contribution in [0.3, 0.4) is 0 Å². The second-order valence-corrected chi connectivity index (χ2v) is 3.16. The summed E-state index contributed by atoms with van der Waals surface area (Å²) < 4.78 is 1.75. The molecule has 4 nitrogen and oxygen atoms in total. The van der Waals surface area contributed by atoms with Crippen molar-refractivity contribution in [1.29, 1.82) is 0 Å². The summed E-state index contributed by atoms with van der Waals surface area (Å²) in [5.74, 6) is 0.671. The Hall–Kier alpha value is -1.46. The molecule has 2 rings (SSSR count). The zero-order valence-electron chi connectivity index (χ0n) is 7.34. The molecule has 0 amide bonds. The van der Waals surface area contributed by atoms with Gasteiger partial charge >= 0.3 is 0 Å². The molecule has 0 bridgehead atoms. The first-order chi connectivity index (χ1) is 6.81. The van der Waals surface area contributed by atoms with Crippen molar-refractivity contribution in [2.75, 3.05) is 0 Å². The Labute approximate surface area is 85.8 Å². The van der Waals surface area contributed by atoms with Gasteiger partial charge in [-0.2, -0.15) is 4.98 Å². The fourth-order valence-corrected chi connectivity index (χ4v) is 1.37. The van der Waals surface area contributed by atoms with Crippen molar-refractivity contribution < 1.29 is 5.11 Å². The molecule has 0 aliphatic carbocycles. The lowest BCUT2D eigenvalue weighted by atomic mass is 10.2. The highest BCUT2D eigenvalue weighted by Crippen LogP contribution is 2.13. The summed E-state index contributed by atoms with van der Waals surface area (Å²) in [6, 6.07) is 9.63. The summed E-state index contributed by atoms with van der Waals surface area (Å²) in [4.78, 5) is 4.11. The fraction of sp³-hybridized carbons (Fsp3) is 0.111. The number of nitrogens with zero attached hydrogens (tertiary/aromatic N) is 2. The lowest BCUT2D eigenvalue weighted by Crippen LogP contribution is -1.98. The normalized spacial score (nSPS) is 10.4. The fourth-order valence-electron chi connectivity index (χ4n) is 1.18. The summed E-state index contributed by atoms with van der Waals surface area (Å²) >= 11 is 4.93. The van der Waals surface area contributed by atoms with Crippen molar-refractivity contribution in [3.05, 3.63) is 35.1 Å². The Bertz CT molecular complexity index is 474. The number of nitrogens with one attached hydrogen (secondary N) is 1. The third-order valence-corrected chi connectivity index (χ3v) is 2.18. The van der Waals surface area contributed by atoms with Gasteiger partial charge in [0.25, 0.3) is 0 Å². The highest BCUT2D eigenvalue weighted by molar-refractivity contribution is 7.71. The molecule has 2 N–H and O–H groups in total. The number of H-pyrrole nitrogens is 1. The molecule has 0 saturated carbocycles. The molecule has 2 aromatic rings. The molecule has 0 spiro atoms. The SMILES string of the molecule is OCn1[nH]c(-c2ccccc2)nc1=S. The van der Waals surface area contributed by atoms with E-state index in [0.717, 1.165) is 5.56 Å². The largest absolute Gasteiger partial charge is 0.374 e. The summed E-state index contributed by atoms with van der Waals surface area (Å²) in [5.41, 5.74) is 0.950. The molecule has 0 aliphatic rings.